The van der Waals surface area contributed by atoms with Crippen LogP contribution in [0.5, 0.6) is 5.75 Å². The van der Waals surface area contributed by atoms with Crippen LogP contribution in [0.3, 0.4) is 0 Å². The summed E-state index contributed by atoms with van der Waals surface area (Å²) in [5, 5.41) is 10.9. The van der Waals surface area contributed by atoms with E-state index < -0.39 is 15.6 Å². The predicted octanol–water partition coefficient (Wildman–Crippen LogP) is 2.93. The number of rotatable bonds is 7. The molecular formula is C18H22ClNO4S. The van der Waals surface area contributed by atoms with Gasteiger partial charge in [0.1, 0.15) is 5.75 Å². The second kappa shape index (κ2) is 7.74. The summed E-state index contributed by atoms with van der Waals surface area (Å²) in [6, 6.07) is 12.0. The fraction of sp³-hybridized carbons (Fsp3) is 0.333. The average Bonchev–Trinajstić information content (AvgIpc) is 2.56. The molecule has 0 aliphatic heterocycles. The number of ether oxygens (including phenoxy) is 1. The summed E-state index contributed by atoms with van der Waals surface area (Å²) in [6.45, 7) is 3.12. The third-order valence-corrected chi connectivity index (χ3v) is 5.85. The quantitative estimate of drug-likeness (QED) is 0.770. The lowest BCUT2D eigenvalue weighted by molar-refractivity contribution is 0.0657. The number of aliphatic hydroxyl groups is 1. The van der Waals surface area contributed by atoms with Gasteiger partial charge in [-0.2, -0.15) is 0 Å². The highest BCUT2D eigenvalue weighted by Gasteiger charge is 2.26. The van der Waals surface area contributed by atoms with Crippen LogP contribution >= 0.6 is 11.6 Å². The maximum absolute atomic E-state index is 12.5. The summed E-state index contributed by atoms with van der Waals surface area (Å²) in [5.41, 5.74) is 0.115. The van der Waals surface area contributed by atoms with Crippen molar-refractivity contribution in [2.75, 3.05) is 13.7 Å². The zero-order valence-corrected chi connectivity index (χ0v) is 16.0. The Bertz CT molecular complexity index is 833. The molecule has 0 spiro atoms. The first-order valence-corrected chi connectivity index (χ1v) is 9.61. The molecule has 0 saturated carbocycles. The molecule has 0 aromatic heterocycles. The fourth-order valence-electron chi connectivity index (χ4n) is 2.45. The van der Waals surface area contributed by atoms with Crippen molar-refractivity contribution in [2.45, 2.75) is 30.8 Å². The summed E-state index contributed by atoms with van der Waals surface area (Å²) < 4.78 is 32.5. The first-order valence-electron chi connectivity index (χ1n) is 7.75. The molecule has 0 fully saturated rings. The van der Waals surface area contributed by atoms with Crippen molar-refractivity contribution in [3.05, 3.63) is 58.6 Å². The van der Waals surface area contributed by atoms with E-state index in [4.69, 9.17) is 16.3 Å². The number of halogens is 1. The number of hydrogen-bond acceptors (Lipinski definition) is 4. The van der Waals surface area contributed by atoms with Gasteiger partial charge < -0.3 is 9.84 Å². The minimum absolute atomic E-state index is 0.111. The molecule has 2 aromatic carbocycles. The fourth-order valence-corrected chi connectivity index (χ4v) is 4.11. The van der Waals surface area contributed by atoms with Crippen molar-refractivity contribution in [1.82, 2.24) is 4.72 Å². The van der Waals surface area contributed by atoms with Crippen LogP contribution in [0, 0.1) is 6.92 Å². The number of benzene rings is 2. The molecule has 0 aliphatic rings. The summed E-state index contributed by atoms with van der Waals surface area (Å²) >= 11 is 5.99. The second-order valence-corrected chi connectivity index (χ2v) is 8.35. The van der Waals surface area contributed by atoms with E-state index in [1.807, 2.05) is 12.1 Å². The Morgan fingerprint density at radius 3 is 2.44 bits per heavy atom. The van der Waals surface area contributed by atoms with Crippen molar-refractivity contribution in [3.8, 4) is 5.75 Å². The first kappa shape index (κ1) is 19.7. The molecule has 2 N–H and O–H groups in total. The highest BCUT2D eigenvalue weighted by Crippen LogP contribution is 2.23. The highest BCUT2D eigenvalue weighted by atomic mass is 35.5. The molecule has 2 aromatic rings. The van der Waals surface area contributed by atoms with Crippen LogP contribution in [-0.2, 0) is 16.4 Å². The van der Waals surface area contributed by atoms with Crippen LogP contribution in [0.1, 0.15) is 18.1 Å². The van der Waals surface area contributed by atoms with Gasteiger partial charge in [0.05, 0.1) is 17.6 Å². The molecule has 136 valence electrons. The smallest absolute Gasteiger partial charge is 0.240 e. The van der Waals surface area contributed by atoms with E-state index in [0.29, 0.717) is 17.0 Å². The van der Waals surface area contributed by atoms with Crippen LogP contribution in [0.25, 0.3) is 0 Å². The van der Waals surface area contributed by atoms with Crippen LogP contribution in [0.15, 0.2) is 47.4 Å². The van der Waals surface area contributed by atoms with E-state index in [1.165, 1.54) is 6.07 Å². The zero-order chi connectivity index (χ0) is 18.7. The lowest BCUT2D eigenvalue weighted by atomic mass is 9.97. The van der Waals surface area contributed by atoms with Crippen molar-refractivity contribution in [1.29, 1.82) is 0 Å². The van der Waals surface area contributed by atoms with Crippen molar-refractivity contribution >= 4 is 21.6 Å². The van der Waals surface area contributed by atoms with Crippen molar-refractivity contribution in [2.24, 2.45) is 0 Å². The molecule has 5 nitrogen and oxygen atoms in total. The monoisotopic (exact) mass is 383 g/mol. The Labute approximate surface area is 153 Å². The summed E-state index contributed by atoms with van der Waals surface area (Å²) in [7, 11) is -2.18. The molecule has 0 amide bonds. The van der Waals surface area contributed by atoms with Gasteiger partial charge in [-0.05, 0) is 49.2 Å². The Morgan fingerprint density at radius 2 is 1.84 bits per heavy atom. The summed E-state index contributed by atoms with van der Waals surface area (Å²) in [6.07, 6.45) is 0.300. The summed E-state index contributed by atoms with van der Waals surface area (Å²) in [4.78, 5) is 0.111. The Morgan fingerprint density at radius 1 is 1.20 bits per heavy atom. The van der Waals surface area contributed by atoms with Crippen LogP contribution in [0.2, 0.25) is 5.02 Å². The Kier molecular flexibility index (Phi) is 6.11. The van der Waals surface area contributed by atoms with Crippen molar-refractivity contribution < 1.29 is 18.3 Å². The standard InChI is InChI=1S/C18H22ClNO4S/c1-13-16(19)5-4-6-17(13)25(22,23)20-12-18(2,21)11-14-7-9-15(24-3)10-8-14/h4-10,20-21H,11-12H2,1-3H3/t18-/m0/s1. The SMILES string of the molecule is COc1ccc(C[C@](C)(O)CNS(=O)(=O)c2cccc(Cl)c2C)cc1. The maximum Gasteiger partial charge on any atom is 0.240 e. The van der Waals surface area contributed by atoms with E-state index >= 15 is 0 Å². The van der Waals surface area contributed by atoms with Gasteiger partial charge in [0.25, 0.3) is 0 Å². The first-order chi connectivity index (χ1) is 11.6. The van der Waals surface area contributed by atoms with Gasteiger partial charge in [0, 0.05) is 18.0 Å². The second-order valence-electron chi connectivity index (χ2n) is 6.21. The minimum Gasteiger partial charge on any atom is -0.497 e. The van der Waals surface area contributed by atoms with Gasteiger partial charge in [-0.3, -0.25) is 0 Å². The number of hydrogen-bond donors (Lipinski definition) is 2. The van der Waals surface area contributed by atoms with Gasteiger partial charge in [0.2, 0.25) is 10.0 Å². The van der Waals surface area contributed by atoms with Gasteiger partial charge in [-0.1, -0.05) is 29.8 Å². The third-order valence-electron chi connectivity index (χ3n) is 3.89. The maximum atomic E-state index is 12.5. The van der Waals surface area contributed by atoms with E-state index in [9.17, 15) is 13.5 Å². The molecule has 7 heteroatoms. The van der Waals surface area contributed by atoms with Crippen molar-refractivity contribution in [3.63, 3.8) is 0 Å². The molecule has 0 aliphatic carbocycles. The number of methoxy groups -OCH3 is 1. The molecule has 0 unspecified atom stereocenters. The lowest BCUT2D eigenvalue weighted by Crippen LogP contribution is -2.42. The lowest BCUT2D eigenvalue weighted by Gasteiger charge is -2.24. The van der Waals surface area contributed by atoms with Crippen LogP contribution in [-0.4, -0.2) is 32.8 Å². The molecule has 0 saturated heterocycles. The normalized spacial score (nSPS) is 14.1. The summed E-state index contributed by atoms with van der Waals surface area (Å²) in [5.74, 6) is 0.723. The van der Waals surface area contributed by atoms with Crippen LogP contribution < -0.4 is 9.46 Å². The van der Waals surface area contributed by atoms with E-state index in [-0.39, 0.29) is 11.4 Å². The number of sulfonamides is 1. The Hall–Kier alpha value is -1.60. The molecule has 0 radical (unpaired) electrons. The van der Waals surface area contributed by atoms with E-state index in [1.54, 1.807) is 45.2 Å². The van der Waals surface area contributed by atoms with E-state index in [0.717, 1.165) is 11.3 Å². The molecule has 1 atom stereocenters. The molecular weight excluding hydrogens is 362 g/mol. The topological polar surface area (TPSA) is 75.6 Å². The molecule has 0 heterocycles. The van der Waals surface area contributed by atoms with E-state index in [2.05, 4.69) is 4.72 Å². The van der Waals surface area contributed by atoms with Gasteiger partial charge in [-0.15, -0.1) is 0 Å². The molecule has 25 heavy (non-hydrogen) atoms. The number of nitrogens with one attached hydrogen (secondary N) is 1. The third kappa shape index (κ3) is 5.19. The largest absolute Gasteiger partial charge is 0.497 e. The van der Waals surface area contributed by atoms with Gasteiger partial charge in [0.15, 0.2) is 0 Å². The zero-order valence-electron chi connectivity index (χ0n) is 14.4. The van der Waals surface area contributed by atoms with Gasteiger partial charge in [-0.25, -0.2) is 13.1 Å². The average molecular weight is 384 g/mol. The van der Waals surface area contributed by atoms with Gasteiger partial charge >= 0.3 is 0 Å². The van der Waals surface area contributed by atoms with Crippen LogP contribution in [0.4, 0.5) is 0 Å². The highest BCUT2D eigenvalue weighted by molar-refractivity contribution is 7.89. The predicted molar refractivity (Wildman–Crippen MR) is 98.7 cm³/mol. The molecule has 0 bridgehead atoms. The molecule has 2 rings (SSSR count). The Balaban J connectivity index is 2.08. The minimum atomic E-state index is -3.76.